The van der Waals surface area contributed by atoms with E-state index in [1.807, 2.05) is 14.0 Å². The zero-order chi connectivity index (χ0) is 24.5. The molecule has 0 aromatic carbocycles. The summed E-state index contributed by atoms with van der Waals surface area (Å²) in [5.74, 6) is 0. The van der Waals surface area contributed by atoms with Gasteiger partial charge in [0.2, 0.25) is 0 Å². The number of aliphatic hydroxyl groups is 3. The molecule has 0 aromatic rings. The average molecular weight is 478 g/mol. The molecule has 194 valence electrons. The lowest BCUT2D eigenvalue weighted by Crippen LogP contribution is -2.68. The van der Waals surface area contributed by atoms with E-state index in [0.29, 0.717) is 12.8 Å². The van der Waals surface area contributed by atoms with Crippen LogP contribution in [0.1, 0.15) is 33.1 Å². The highest BCUT2D eigenvalue weighted by Crippen LogP contribution is 2.31. The van der Waals surface area contributed by atoms with Gasteiger partial charge in [-0.05, 0) is 47.2 Å². The van der Waals surface area contributed by atoms with Crippen LogP contribution in [0.25, 0.3) is 0 Å². The molecular weight excluding hydrogens is 434 g/mol. The first kappa shape index (κ1) is 27.1. The zero-order valence-electron chi connectivity index (χ0n) is 20.0. The van der Waals surface area contributed by atoms with Crippen molar-refractivity contribution in [3.8, 4) is 0 Å². The van der Waals surface area contributed by atoms with Crippen LogP contribution in [0.15, 0.2) is 0 Å². The van der Waals surface area contributed by atoms with Gasteiger partial charge in [-0.1, -0.05) is 0 Å². The third kappa shape index (κ3) is 5.85. The van der Waals surface area contributed by atoms with E-state index in [4.69, 9.17) is 36.1 Å². The van der Waals surface area contributed by atoms with Crippen LogP contribution in [-0.4, -0.2) is 115 Å². The molecule has 12 nitrogen and oxygen atoms in total. The van der Waals surface area contributed by atoms with Crippen molar-refractivity contribution in [2.24, 2.45) is 17.2 Å². The number of hydrogen-bond acceptors (Lipinski definition) is 12. The Morgan fingerprint density at radius 2 is 1.58 bits per heavy atom. The molecule has 3 aliphatic rings. The van der Waals surface area contributed by atoms with E-state index in [-0.39, 0.29) is 24.8 Å². The van der Waals surface area contributed by atoms with E-state index in [9.17, 15) is 15.3 Å². The fourth-order valence-electron chi connectivity index (χ4n) is 5.04. The fraction of sp³-hybridized carbons (Fsp3) is 1.00. The minimum Gasteiger partial charge on any atom is -0.388 e. The van der Waals surface area contributed by atoms with Gasteiger partial charge in [0, 0.05) is 18.1 Å². The Kier molecular flexibility index (Phi) is 9.09. The number of aliphatic hydroxyl groups excluding tert-OH is 2. The van der Waals surface area contributed by atoms with Crippen molar-refractivity contribution in [2.45, 2.75) is 112 Å². The van der Waals surface area contributed by atoms with Gasteiger partial charge in [-0.15, -0.1) is 0 Å². The lowest BCUT2D eigenvalue weighted by molar-refractivity contribution is -0.307. The summed E-state index contributed by atoms with van der Waals surface area (Å²) < 4.78 is 23.7. The lowest BCUT2D eigenvalue weighted by Gasteiger charge is -2.48. The van der Waals surface area contributed by atoms with Gasteiger partial charge < -0.3 is 62.1 Å². The van der Waals surface area contributed by atoms with Gasteiger partial charge in [-0.25, -0.2) is 0 Å². The molecule has 0 amide bonds. The highest BCUT2D eigenvalue weighted by molar-refractivity contribution is 5.02. The number of likely N-dealkylation sites (N-methyl/N-ethyl adjacent to an activating group) is 2. The second-order valence-electron chi connectivity index (χ2n) is 9.91. The van der Waals surface area contributed by atoms with Crippen molar-refractivity contribution >= 4 is 0 Å². The maximum absolute atomic E-state index is 11.1. The van der Waals surface area contributed by atoms with Crippen LogP contribution in [0.3, 0.4) is 0 Å². The molecule has 2 saturated heterocycles. The molecule has 0 bridgehead atoms. The number of hydrogen-bond donors (Lipinski definition) is 8. The molecule has 2 aliphatic heterocycles. The standard InChI is InChI=1S/C21H43N5O7/c1-9(25-3)13-6-5-10(22)19(31-13)32-16-11(23)7-12(24)17(14(16)27)33-20-15(28)18(26-4)21(2,29)8-30-20/h9-20,25-29H,5-8,22-24H2,1-4H3/t9-,10+,11-,12-,13-,14-,15+,16+,17-,18+,19+,20+,21-/m0/s1. The lowest BCUT2D eigenvalue weighted by atomic mass is 9.84. The molecule has 3 fully saturated rings. The maximum Gasteiger partial charge on any atom is 0.185 e. The van der Waals surface area contributed by atoms with E-state index >= 15 is 0 Å². The predicted octanol–water partition coefficient (Wildman–Crippen LogP) is -3.33. The van der Waals surface area contributed by atoms with E-state index in [0.717, 1.165) is 6.42 Å². The monoisotopic (exact) mass is 477 g/mol. The molecule has 33 heavy (non-hydrogen) atoms. The normalized spacial score (nSPS) is 50.2. The minimum atomic E-state index is -1.29. The molecule has 1 aliphatic carbocycles. The minimum absolute atomic E-state index is 0.0620. The maximum atomic E-state index is 11.1. The summed E-state index contributed by atoms with van der Waals surface area (Å²) >= 11 is 0. The van der Waals surface area contributed by atoms with Gasteiger partial charge in [0.1, 0.15) is 30.0 Å². The molecule has 2 heterocycles. The largest absolute Gasteiger partial charge is 0.388 e. The molecule has 12 heteroatoms. The molecule has 13 atom stereocenters. The Balaban J connectivity index is 1.68. The predicted molar refractivity (Wildman–Crippen MR) is 120 cm³/mol. The van der Waals surface area contributed by atoms with Crippen molar-refractivity contribution in [1.82, 2.24) is 10.6 Å². The molecule has 0 unspecified atom stereocenters. The van der Waals surface area contributed by atoms with E-state index in [2.05, 4.69) is 10.6 Å². The summed E-state index contributed by atoms with van der Waals surface area (Å²) in [5, 5.41) is 38.3. The summed E-state index contributed by atoms with van der Waals surface area (Å²) in [5.41, 5.74) is 17.5. The van der Waals surface area contributed by atoms with Gasteiger partial charge >= 0.3 is 0 Å². The van der Waals surface area contributed by atoms with Crippen LogP contribution in [0.4, 0.5) is 0 Å². The molecule has 0 aromatic heterocycles. The van der Waals surface area contributed by atoms with Crippen LogP contribution in [0.2, 0.25) is 0 Å². The number of ether oxygens (including phenoxy) is 4. The summed E-state index contributed by atoms with van der Waals surface area (Å²) in [6.45, 7) is 3.52. The first-order valence-corrected chi connectivity index (χ1v) is 11.8. The Labute approximate surface area is 195 Å². The second kappa shape index (κ2) is 11.1. The molecule has 0 radical (unpaired) electrons. The first-order valence-electron chi connectivity index (χ1n) is 11.8. The smallest absolute Gasteiger partial charge is 0.185 e. The first-order chi connectivity index (χ1) is 15.5. The highest BCUT2D eigenvalue weighted by atomic mass is 16.7. The Morgan fingerprint density at radius 1 is 0.970 bits per heavy atom. The quantitative estimate of drug-likeness (QED) is 0.182. The SMILES string of the molecule is CN[C@@H](C)[C@@H]1CC[C@@H](N)[C@@H](O[C@H]2[C@H](O)[C@@H](O[C@H]3OC[C@](C)(O)[C@H](NC)[C@H]3O)[C@@H](N)C[C@@H]2N)O1. The Hall–Kier alpha value is -0.480. The van der Waals surface area contributed by atoms with Crippen molar-refractivity contribution in [3.05, 3.63) is 0 Å². The van der Waals surface area contributed by atoms with Crippen LogP contribution in [0, 0.1) is 0 Å². The third-order valence-electron chi connectivity index (χ3n) is 7.24. The van der Waals surface area contributed by atoms with E-state index in [1.165, 1.54) is 0 Å². The highest BCUT2D eigenvalue weighted by Gasteiger charge is 2.50. The fourth-order valence-corrected chi connectivity index (χ4v) is 5.04. The summed E-state index contributed by atoms with van der Waals surface area (Å²) in [7, 11) is 3.49. The van der Waals surface area contributed by atoms with Crippen molar-refractivity contribution in [2.75, 3.05) is 20.7 Å². The average Bonchev–Trinajstić information content (AvgIpc) is 2.76. The van der Waals surface area contributed by atoms with Crippen LogP contribution in [-0.2, 0) is 18.9 Å². The molecule has 11 N–H and O–H groups in total. The van der Waals surface area contributed by atoms with Crippen molar-refractivity contribution in [1.29, 1.82) is 0 Å². The van der Waals surface area contributed by atoms with Gasteiger partial charge in [0.25, 0.3) is 0 Å². The number of nitrogens with one attached hydrogen (secondary N) is 2. The van der Waals surface area contributed by atoms with Crippen molar-refractivity contribution < 1.29 is 34.3 Å². The summed E-state index contributed by atoms with van der Waals surface area (Å²) in [6.07, 6.45) is -4.22. The summed E-state index contributed by atoms with van der Waals surface area (Å²) in [4.78, 5) is 0. The van der Waals surface area contributed by atoms with Gasteiger partial charge in [0.15, 0.2) is 12.6 Å². The van der Waals surface area contributed by atoms with E-state index in [1.54, 1.807) is 14.0 Å². The van der Waals surface area contributed by atoms with Gasteiger partial charge in [-0.2, -0.15) is 0 Å². The second-order valence-corrected chi connectivity index (χ2v) is 9.91. The molecule has 0 spiro atoms. The van der Waals surface area contributed by atoms with Crippen LogP contribution < -0.4 is 27.8 Å². The third-order valence-corrected chi connectivity index (χ3v) is 7.24. The Morgan fingerprint density at radius 3 is 2.15 bits per heavy atom. The van der Waals surface area contributed by atoms with Crippen molar-refractivity contribution in [3.63, 3.8) is 0 Å². The van der Waals surface area contributed by atoms with Crippen LogP contribution in [0.5, 0.6) is 0 Å². The zero-order valence-corrected chi connectivity index (χ0v) is 20.0. The number of rotatable bonds is 7. The molecule has 3 rings (SSSR count). The molecular formula is C21H43N5O7. The van der Waals surface area contributed by atoms with Crippen LogP contribution >= 0.6 is 0 Å². The van der Waals surface area contributed by atoms with Gasteiger partial charge in [0.05, 0.1) is 24.8 Å². The topological polar surface area (TPSA) is 200 Å². The number of nitrogens with two attached hydrogens (primary N) is 3. The Bertz CT molecular complexity index is 632. The summed E-state index contributed by atoms with van der Waals surface area (Å²) in [6, 6.07) is -2.11. The molecule has 1 saturated carbocycles. The van der Waals surface area contributed by atoms with E-state index < -0.39 is 60.7 Å². The van der Waals surface area contributed by atoms with Gasteiger partial charge in [-0.3, -0.25) is 0 Å².